The molecule has 2 heterocycles. The normalized spacial score (nSPS) is 36.1. The molecule has 1 N–H and O–H groups in total. The second-order valence-electron chi connectivity index (χ2n) is 4.12. The molecule has 4 nitrogen and oxygen atoms in total. The predicted octanol–water partition coefficient (Wildman–Crippen LogP) is 0.697. The van der Waals surface area contributed by atoms with Gasteiger partial charge in [-0.2, -0.15) is 0 Å². The lowest BCUT2D eigenvalue weighted by Crippen LogP contribution is -2.37. The number of carbonyl (C=O) groups excluding carboxylic acids is 1. The maximum Gasteiger partial charge on any atom is 0.212 e. The van der Waals surface area contributed by atoms with Crippen molar-refractivity contribution in [1.29, 1.82) is 0 Å². The van der Waals surface area contributed by atoms with Gasteiger partial charge in [-0.15, -0.1) is 0 Å². The van der Waals surface area contributed by atoms with Gasteiger partial charge in [0.05, 0.1) is 18.0 Å². The molecule has 0 amide bonds. The van der Waals surface area contributed by atoms with Crippen LogP contribution in [-0.2, 0) is 14.3 Å². The molecule has 0 aromatic heterocycles. The molecule has 0 saturated carbocycles. The van der Waals surface area contributed by atoms with Gasteiger partial charge in [0.2, 0.25) is 5.12 Å². The summed E-state index contributed by atoms with van der Waals surface area (Å²) in [5.41, 5.74) is 0. The number of hydrogen-bond donors (Lipinski definition) is 1. The van der Waals surface area contributed by atoms with E-state index in [1.807, 2.05) is 13.8 Å². The highest BCUT2D eigenvalue weighted by atomic mass is 32.2. The number of ether oxygens (including phenoxy) is 2. The average molecular weight is 230 g/mol. The molecule has 2 aliphatic rings. The summed E-state index contributed by atoms with van der Waals surface area (Å²) in [6, 6.07) is 0. The van der Waals surface area contributed by atoms with Crippen LogP contribution in [0.3, 0.4) is 0 Å². The molecule has 0 unspecified atom stereocenters. The Balaban J connectivity index is 1.95. The zero-order valence-corrected chi connectivity index (χ0v) is 9.49. The molecule has 0 aromatic carbocycles. The van der Waals surface area contributed by atoms with Crippen LogP contribution < -0.4 is 0 Å². The topological polar surface area (TPSA) is 55.8 Å². The Labute approximate surface area is 92.6 Å². The van der Waals surface area contributed by atoms with Crippen molar-refractivity contribution in [2.75, 3.05) is 6.61 Å². The standard InChI is InChI=1S/C10H14O4S/c1-10(2)13-5-6(14-10)9(12)7-3-4-8(11)15-7/h3-4,6-7,9,12H,5H2,1-2H3/t6-,7+,9+/m1/s1. The van der Waals surface area contributed by atoms with Gasteiger partial charge in [-0.25, -0.2) is 0 Å². The quantitative estimate of drug-likeness (QED) is 0.756. The summed E-state index contributed by atoms with van der Waals surface area (Å²) in [6.45, 7) is 3.98. The smallest absolute Gasteiger partial charge is 0.212 e. The average Bonchev–Trinajstić information content (AvgIpc) is 2.71. The number of rotatable bonds is 2. The van der Waals surface area contributed by atoms with Gasteiger partial charge < -0.3 is 14.6 Å². The van der Waals surface area contributed by atoms with Gasteiger partial charge in [-0.1, -0.05) is 17.8 Å². The van der Waals surface area contributed by atoms with Crippen LogP contribution in [0, 0.1) is 0 Å². The molecule has 84 valence electrons. The lowest BCUT2D eigenvalue weighted by molar-refractivity contribution is -0.150. The molecule has 0 spiro atoms. The Morgan fingerprint density at radius 3 is 2.87 bits per heavy atom. The zero-order chi connectivity index (χ0) is 11.1. The van der Waals surface area contributed by atoms with Crippen molar-refractivity contribution in [3.8, 4) is 0 Å². The van der Waals surface area contributed by atoms with Crippen molar-refractivity contribution < 1.29 is 19.4 Å². The highest BCUT2D eigenvalue weighted by Gasteiger charge is 2.40. The Morgan fingerprint density at radius 2 is 2.40 bits per heavy atom. The first kappa shape index (κ1) is 11.1. The minimum absolute atomic E-state index is 0.0165. The van der Waals surface area contributed by atoms with E-state index in [4.69, 9.17) is 9.47 Å². The molecule has 1 fully saturated rings. The molecular weight excluding hydrogens is 216 g/mol. The maximum absolute atomic E-state index is 11.0. The molecule has 2 rings (SSSR count). The summed E-state index contributed by atoms with van der Waals surface area (Å²) in [5, 5.41) is 9.74. The van der Waals surface area contributed by atoms with E-state index in [1.165, 1.54) is 6.08 Å². The number of thioether (sulfide) groups is 1. The first-order valence-corrected chi connectivity index (χ1v) is 5.74. The summed E-state index contributed by atoms with van der Waals surface area (Å²) in [6.07, 6.45) is 2.15. The molecule has 5 heteroatoms. The van der Waals surface area contributed by atoms with Crippen LogP contribution in [-0.4, -0.2) is 40.1 Å². The Kier molecular flexibility index (Phi) is 2.89. The molecule has 15 heavy (non-hydrogen) atoms. The highest BCUT2D eigenvalue weighted by molar-refractivity contribution is 8.15. The van der Waals surface area contributed by atoms with E-state index in [0.717, 1.165) is 11.8 Å². The molecule has 0 aliphatic carbocycles. The van der Waals surface area contributed by atoms with Crippen molar-refractivity contribution in [2.45, 2.75) is 37.1 Å². The van der Waals surface area contributed by atoms with Crippen LogP contribution >= 0.6 is 11.8 Å². The largest absolute Gasteiger partial charge is 0.389 e. The van der Waals surface area contributed by atoms with Crippen molar-refractivity contribution in [3.05, 3.63) is 12.2 Å². The number of carbonyl (C=O) groups is 1. The highest BCUT2D eigenvalue weighted by Crippen LogP contribution is 2.31. The van der Waals surface area contributed by atoms with Gasteiger partial charge in [0.1, 0.15) is 6.10 Å². The van der Waals surface area contributed by atoms with Gasteiger partial charge >= 0.3 is 0 Å². The van der Waals surface area contributed by atoms with Gasteiger partial charge in [0.15, 0.2) is 5.79 Å². The lowest BCUT2D eigenvalue weighted by atomic mass is 10.1. The van der Waals surface area contributed by atoms with Crippen LogP contribution in [0.5, 0.6) is 0 Å². The molecule has 1 saturated heterocycles. The second kappa shape index (κ2) is 3.90. The third-order valence-corrected chi connectivity index (χ3v) is 3.50. The van der Waals surface area contributed by atoms with Crippen LogP contribution in [0.2, 0.25) is 0 Å². The summed E-state index contributed by atoms with van der Waals surface area (Å²) in [4.78, 5) is 11.0. The van der Waals surface area contributed by atoms with Crippen molar-refractivity contribution in [2.24, 2.45) is 0 Å². The number of aliphatic hydroxyl groups excluding tert-OH is 1. The van der Waals surface area contributed by atoms with E-state index in [9.17, 15) is 9.90 Å². The minimum Gasteiger partial charge on any atom is -0.389 e. The Bertz CT molecular complexity index is 300. The van der Waals surface area contributed by atoms with Crippen LogP contribution in [0.25, 0.3) is 0 Å². The summed E-state index contributed by atoms with van der Waals surface area (Å²) >= 11 is 1.13. The van der Waals surface area contributed by atoms with Crippen LogP contribution in [0.15, 0.2) is 12.2 Å². The lowest BCUT2D eigenvalue weighted by Gasteiger charge is -2.22. The second-order valence-corrected chi connectivity index (χ2v) is 5.30. The zero-order valence-electron chi connectivity index (χ0n) is 8.67. The van der Waals surface area contributed by atoms with Crippen LogP contribution in [0.4, 0.5) is 0 Å². The molecule has 0 radical (unpaired) electrons. The Morgan fingerprint density at radius 1 is 1.67 bits per heavy atom. The monoisotopic (exact) mass is 230 g/mol. The first-order chi connectivity index (χ1) is 6.98. The van der Waals surface area contributed by atoms with Crippen molar-refractivity contribution in [1.82, 2.24) is 0 Å². The summed E-state index contributed by atoms with van der Waals surface area (Å²) in [7, 11) is 0. The SMILES string of the molecule is CC1(C)OC[C@H]([C@H](O)[C@@H]2C=CC(=O)S2)O1. The molecule has 2 aliphatic heterocycles. The van der Waals surface area contributed by atoms with Gasteiger partial charge in [0, 0.05) is 0 Å². The fourth-order valence-electron chi connectivity index (χ4n) is 1.66. The van der Waals surface area contributed by atoms with E-state index in [2.05, 4.69) is 0 Å². The van der Waals surface area contributed by atoms with Gasteiger partial charge in [-0.05, 0) is 19.9 Å². The fraction of sp³-hybridized carbons (Fsp3) is 0.700. The summed E-state index contributed by atoms with van der Waals surface area (Å²) < 4.78 is 10.9. The predicted molar refractivity (Wildman–Crippen MR) is 56.4 cm³/mol. The first-order valence-electron chi connectivity index (χ1n) is 4.87. The summed E-state index contributed by atoms with van der Waals surface area (Å²) in [5.74, 6) is -0.636. The van der Waals surface area contributed by atoms with Crippen molar-refractivity contribution >= 4 is 16.9 Å². The minimum atomic E-state index is -0.695. The van der Waals surface area contributed by atoms with E-state index in [0.29, 0.717) is 6.61 Å². The third kappa shape index (κ3) is 2.42. The van der Waals surface area contributed by atoms with E-state index in [-0.39, 0.29) is 16.5 Å². The maximum atomic E-state index is 11.0. The fourth-order valence-corrected chi connectivity index (χ4v) is 2.56. The molecule has 0 bridgehead atoms. The van der Waals surface area contributed by atoms with Crippen LogP contribution in [0.1, 0.15) is 13.8 Å². The number of hydrogen-bond acceptors (Lipinski definition) is 5. The van der Waals surface area contributed by atoms with E-state index >= 15 is 0 Å². The van der Waals surface area contributed by atoms with E-state index in [1.54, 1.807) is 6.08 Å². The van der Waals surface area contributed by atoms with Crippen molar-refractivity contribution in [3.63, 3.8) is 0 Å². The van der Waals surface area contributed by atoms with Gasteiger partial charge in [0.25, 0.3) is 0 Å². The molecule has 3 atom stereocenters. The number of aliphatic hydroxyl groups is 1. The molecular formula is C10H14O4S. The third-order valence-electron chi connectivity index (χ3n) is 2.42. The molecule has 0 aromatic rings. The van der Waals surface area contributed by atoms with Gasteiger partial charge in [-0.3, -0.25) is 4.79 Å². The Hall–Kier alpha value is -0.360. The van der Waals surface area contributed by atoms with E-state index < -0.39 is 11.9 Å².